The Bertz CT molecular complexity index is 474. The van der Waals surface area contributed by atoms with E-state index in [0.717, 1.165) is 37.2 Å². The summed E-state index contributed by atoms with van der Waals surface area (Å²) in [4.78, 5) is 11.7. The van der Waals surface area contributed by atoms with Gasteiger partial charge in [-0.1, -0.05) is 26.8 Å². The second-order valence-electron chi connectivity index (χ2n) is 5.99. The van der Waals surface area contributed by atoms with Crippen LogP contribution < -0.4 is 10.6 Å². The van der Waals surface area contributed by atoms with Gasteiger partial charge in [0.15, 0.2) is 0 Å². The van der Waals surface area contributed by atoms with Gasteiger partial charge in [-0.05, 0) is 37.5 Å². The van der Waals surface area contributed by atoms with Crippen molar-refractivity contribution in [3.8, 4) is 0 Å². The summed E-state index contributed by atoms with van der Waals surface area (Å²) in [5.74, 6) is 0.0340. The van der Waals surface area contributed by atoms with Crippen LogP contribution in [0.3, 0.4) is 0 Å². The van der Waals surface area contributed by atoms with E-state index < -0.39 is 0 Å². The van der Waals surface area contributed by atoms with Gasteiger partial charge in [-0.2, -0.15) is 0 Å². The van der Waals surface area contributed by atoms with Gasteiger partial charge in [-0.25, -0.2) is 0 Å². The summed E-state index contributed by atoms with van der Waals surface area (Å²) in [7, 11) is 0. The minimum absolute atomic E-state index is 0.0116. The normalized spacial score (nSPS) is 22.1. The zero-order chi connectivity index (χ0) is 15.2. The molecular formula is C17H26N2O2. The van der Waals surface area contributed by atoms with Crippen molar-refractivity contribution in [3.63, 3.8) is 0 Å². The van der Waals surface area contributed by atoms with Gasteiger partial charge in [0.05, 0.1) is 6.10 Å². The number of nitrogens with one attached hydrogen (secondary N) is 2. The fraction of sp³-hybridized carbons (Fsp3) is 0.588. The van der Waals surface area contributed by atoms with E-state index in [1.807, 2.05) is 38.1 Å². The molecule has 1 aliphatic rings. The molecule has 1 saturated heterocycles. The molecule has 1 fully saturated rings. The molecule has 21 heavy (non-hydrogen) atoms. The summed E-state index contributed by atoms with van der Waals surface area (Å²) in [5, 5.41) is 6.49. The molecule has 2 rings (SSSR count). The monoisotopic (exact) mass is 290 g/mol. The molecular weight excluding hydrogens is 264 g/mol. The highest BCUT2D eigenvalue weighted by atomic mass is 16.5. The number of carbonyl (C=O) groups excluding carboxylic acids is 1. The third kappa shape index (κ3) is 4.74. The second kappa shape index (κ2) is 7.46. The van der Waals surface area contributed by atoms with Crippen LogP contribution in [-0.2, 0) is 9.53 Å². The first-order chi connectivity index (χ1) is 10.1. The lowest BCUT2D eigenvalue weighted by Gasteiger charge is -2.30. The van der Waals surface area contributed by atoms with Crippen LogP contribution in [0.1, 0.15) is 40.0 Å². The van der Waals surface area contributed by atoms with Crippen molar-refractivity contribution >= 4 is 17.3 Å². The van der Waals surface area contributed by atoms with E-state index in [1.165, 1.54) is 0 Å². The fourth-order valence-corrected chi connectivity index (χ4v) is 2.50. The van der Waals surface area contributed by atoms with Crippen LogP contribution in [0.15, 0.2) is 24.3 Å². The number of amides is 1. The van der Waals surface area contributed by atoms with Gasteiger partial charge in [0.2, 0.25) is 5.91 Å². The van der Waals surface area contributed by atoms with E-state index in [4.69, 9.17) is 4.74 Å². The molecule has 1 aromatic carbocycles. The van der Waals surface area contributed by atoms with Crippen molar-refractivity contribution in [2.45, 2.75) is 52.2 Å². The van der Waals surface area contributed by atoms with E-state index in [-0.39, 0.29) is 11.8 Å². The Morgan fingerprint density at radius 2 is 2.14 bits per heavy atom. The number of carbonyl (C=O) groups is 1. The molecule has 2 unspecified atom stereocenters. The average Bonchev–Trinajstić information content (AvgIpc) is 2.47. The van der Waals surface area contributed by atoms with Crippen LogP contribution >= 0.6 is 0 Å². The third-order valence-corrected chi connectivity index (χ3v) is 3.85. The van der Waals surface area contributed by atoms with Crippen LogP contribution in [0.2, 0.25) is 0 Å². The lowest BCUT2D eigenvalue weighted by atomic mass is 10.0. The first kappa shape index (κ1) is 15.8. The van der Waals surface area contributed by atoms with Gasteiger partial charge in [0.1, 0.15) is 0 Å². The number of hydrogen-bond acceptors (Lipinski definition) is 3. The summed E-state index contributed by atoms with van der Waals surface area (Å²) in [6, 6.07) is 8.37. The van der Waals surface area contributed by atoms with Gasteiger partial charge >= 0.3 is 0 Å². The van der Waals surface area contributed by atoms with Crippen molar-refractivity contribution in [1.29, 1.82) is 0 Å². The molecule has 1 aromatic rings. The zero-order valence-electron chi connectivity index (χ0n) is 13.2. The first-order valence-corrected chi connectivity index (χ1v) is 7.87. The number of benzene rings is 1. The molecule has 2 atom stereocenters. The topological polar surface area (TPSA) is 50.4 Å². The second-order valence-corrected chi connectivity index (χ2v) is 5.99. The molecule has 0 aliphatic carbocycles. The Morgan fingerprint density at radius 1 is 1.38 bits per heavy atom. The fourth-order valence-electron chi connectivity index (χ4n) is 2.50. The summed E-state index contributed by atoms with van der Waals surface area (Å²) >= 11 is 0. The number of anilines is 2. The molecule has 0 spiro atoms. The molecule has 0 bridgehead atoms. The molecule has 1 heterocycles. The Morgan fingerprint density at radius 3 is 2.86 bits per heavy atom. The molecule has 116 valence electrons. The third-order valence-electron chi connectivity index (χ3n) is 3.85. The predicted molar refractivity (Wildman–Crippen MR) is 86.6 cm³/mol. The summed E-state index contributed by atoms with van der Waals surface area (Å²) in [6.07, 6.45) is 3.49. The summed E-state index contributed by atoms with van der Waals surface area (Å²) < 4.78 is 5.70. The maximum absolute atomic E-state index is 11.7. The Hall–Kier alpha value is -1.55. The zero-order valence-corrected chi connectivity index (χ0v) is 13.2. The minimum atomic E-state index is -0.0116. The highest BCUT2D eigenvalue weighted by Crippen LogP contribution is 2.22. The summed E-state index contributed by atoms with van der Waals surface area (Å²) in [5.41, 5.74) is 1.90. The van der Waals surface area contributed by atoms with Gasteiger partial charge in [0, 0.05) is 29.9 Å². The maximum Gasteiger partial charge on any atom is 0.226 e. The lowest BCUT2D eigenvalue weighted by Crippen LogP contribution is -2.33. The van der Waals surface area contributed by atoms with E-state index in [9.17, 15) is 4.79 Å². The van der Waals surface area contributed by atoms with Gasteiger partial charge in [-0.3, -0.25) is 4.79 Å². The van der Waals surface area contributed by atoms with E-state index in [2.05, 4.69) is 17.6 Å². The van der Waals surface area contributed by atoms with E-state index >= 15 is 0 Å². The molecule has 2 N–H and O–H groups in total. The van der Waals surface area contributed by atoms with Crippen molar-refractivity contribution in [1.82, 2.24) is 0 Å². The van der Waals surface area contributed by atoms with Crippen LogP contribution in [0.4, 0.5) is 11.4 Å². The van der Waals surface area contributed by atoms with E-state index in [0.29, 0.717) is 12.1 Å². The Kier molecular flexibility index (Phi) is 5.62. The summed E-state index contributed by atoms with van der Waals surface area (Å²) in [6.45, 7) is 6.77. The smallest absolute Gasteiger partial charge is 0.226 e. The number of rotatable bonds is 5. The van der Waals surface area contributed by atoms with Gasteiger partial charge in [-0.15, -0.1) is 0 Å². The van der Waals surface area contributed by atoms with Crippen LogP contribution in [0.5, 0.6) is 0 Å². The number of ether oxygens (including phenoxy) is 1. The molecule has 1 aliphatic heterocycles. The predicted octanol–water partition coefficient (Wildman–Crippen LogP) is 3.65. The highest BCUT2D eigenvalue weighted by Gasteiger charge is 2.21. The minimum Gasteiger partial charge on any atom is -0.382 e. The highest BCUT2D eigenvalue weighted by molar-refractivity contribution is 5.92. The lowest BCUT2D eigenvalue weighted by molar-refractivity contribution is -0.118. The SMILES string of the molecule is CCC1CC(Nc2cccc(NC(=O)C(C)C)c2)CCO1. The first-order valence-electron chi connectivity index (χ1n) is 7.87. The van der Waals surface area contributed by atoms with Crippen LogP contribution in [0, 0.1) is 5.92 Å². The molecule has 0 aromatic heterocycles. The molecule has 0 radical (unpaired) electrons. The standard InChI is InChI=1S/C17H26N2O2/c1-4-16-11-15(8-9-21-16)18-13-6-5-7-14(10-13)19-17(20)12(2)3/h5-7,10,12,15-16,18H,4,8-9,11H2,1-3H3,(H,19,20). The molecule has 4 nitrogen and oxygen atoms in total. The van der Waals surface area contributed by atoms with Crippen molar-refractivity contribution in [3.05, 3.63) is 24.3 Å². The van der Waals surface area contributed by atoms with Crippen LogP contribution in [0.25, 0.3) is 0 Å². The van der Waals surface area contributed by atoms with Crippen LogP contribution in [-0.4, -0.2) is 24.7 Å². The van der Waals surface area contributed by atoms with Crippen molar-refractivity contribution < 1.29 is 9.53 Å². The van der Waals surface area contributed by atoms with E-state index in [1.54, 1.807) is 0 Å². The Labute approximate surface area is 127 Å². The maximum atomic E-state index is 11.7. The van der Waals surface area contributed by atoms with Crippen molar-refractivity contribution in [2.24, 2.45) is 5.92 Å². The number of hydrogen-bond donors (Lipinski definition) is 2. The molecule has 4 heteroatoms. The molecule has 0 saturated carbocycles. The Balaban J connectivity index is 1.96. The van der Waals surface area contributed by atoms with Gasteiger partial charge in [0.25, 0.3) is 0 Å². The van der Waals surface area contributed by atoms with Gasteiger partial charge < -0.3 is 15.4 Å². The largest absolute Gasteiger partial charge is 0.382 e. The molecule has 1 amide bonds. The quantitative estimate of drug-likeness (QED) is 0.870. The van der Waals surface area contributed by atoms with Crippen molar-refractivity contribution in [2.75, 3.05) is 17.2 Å². The average molecular weight is 290 g/mol.